The summed E-state index contributed by atoms with van der Waals surface area (Å²) in [5, 5.41) is -0.474. The van der Waals surface area contributed by atoms with E-state index in [4.69, 9.17) is 0 Å². The van der Waals surface area contributed by atoms with Gasteiger partial charge in [0.2, 0.25) is 0 Å². The fourth-order valence-corrected chi connectivity index (χ4v) is 1.11. The summed E-state index contributed by atoms with van der Waals surface area (Å²) < 4.78 is 58.8. The van der Waals surface area contributed by atoms with Crippen LogP contribution in [0, 0.1) is 0 Å². The van der Waals surface area contributed by atoms with E-state index in [0.717, 1.165) is 6.92 Å². The van der Waals surface area contributed by atoms with Crippen LogP contribution in [0.2, 0.25) is 0 Å². The van der Waals surface area contributed by atoms with Gasteiger partial charge in [-0.1, -0.05) is 11.8 Å². The van der Waals surface area contributed by atoms with E-state index in [2.05, 4.69) is 0 Å². The van der Waals surface area contributed by atoms with Gasteiger partial charge in [0.25, 0.3) is 0 Å². The van der Waals surface area contributed by atoms with Crippen molar-refractivity contribution in [2.75, 3.05) is 5.75 Å². The maximum absolute atomic E-state index is 12.1. The number of rotatable bonds is 3. The van der Waals surface area contributed by atoms with Crippen LogP contribution in [0.4, 0.5) is 22.0 Å². The molecule has 13 heavy (non-hydrogen) atoms. The van der Waals surface area contributed by atoms with E-state index in [0.29, 0.717) is 11.8 Å². The van der Waals surface area contributed by atoms with Crippen LogP contribution < -0.4 is 0 Å². The molecule has 0 aromatic rings. The van der Waals surface area contributed by atoms with E-state index in [1.54, 1.807) is 0 Å². The van der Waals surface area contributed by atoms with Crippen molar-refractivity contribution >= 4 is 16.9 Å². The van der Waals surface area contributed by atoms with E-state index in [9.17, 15) is 26.7 Å². The summed E-state index contributed by atoms with van der Waals surface area (Å²) in [6.07, 6.45) is -6.88. The quantitative estimate of drug-likeness (QED) is 0.683. The van der Waals surface area contributed by atoms with Crippen molar-refractivity contribution in [2.24, 2.45) is 0 Å². The Morgan fingerprint density at radius 3 is 2.00 bits per heavy atom. The number of carbonyl (C=O) groups is 1. The largest absolute Gasteiger partial charge is 0.453 e. The third-order valence-electron chi connectivity index (χ3n) is 1.14. The summed E-state index contributed by atoms with van der Waals surface area (Å²) in [6, 6.07) is 0. The van der Waals surface area contributed by atoms with Crippen LogP contribution in [0.1, 0.15) is 13.3 Å². The smallest absolute Gasteiger partial charge is 0.288 e. The Balaban J connectivity index is 3.97. The molecule has 0 aliphatic heterocycles. The lowest BCUT2D eigenvalue weighted by Crippen LogP contribution is -2.36. The highest BCUT2D eigenvalue weighted by Crippen LogP contribution is 2.38. The lowest BCUT2D eigenvalue weighted by atomic mass is 10.2. The molecule has 0 heterocycles. The molecular weight excluding hydrogens is 215 g/mol. The first-order chi connectivity index (χ1) is 5.67. The van der Waals surface area contributed by atoms with Crippen LogP contribution in [0.25, 0.3) is 0 Å². The molecule has 0 bridgehead atoms. The maximum Gasteiger partial charge on any atom is 0.453 e. The minimum absolute atomic E-state index is 0.455. The maximum atomic E-state index is 12.1. The molecular formula is C6H7F5OS. The van der Waals surface area contributed by atoms with E-state index in [-0.39, 0.29) is 0 Å². The molecule has 1 nitrogen and oxygen atoms in total. The minimum atomic E-state index is -5.52. The summed E-state index contributed by atoms with van der Waals surface area (Å²) in [6.45, 7) is 1.11. The zero-order chi connectivity index (χ0) is 10.7. The summed E-state index contributed by atoms with van der Waals surface area (Å²) in [5.41, 5.74) is 0. The molecule has 0 radical (unpaired) electrons. The van der Waals surface area contributed by atoms with Crippen LogP contribution in [0.5, 0.6) is 0 Å². The van der Waals surface area contributed by atoms with Gasteiger partial charge in [0.05, 0.1) is 0 Å². The van der Waals surface area contributed by atoms with E-state index < -0.39 is 29.4 Å². The number of carbonyl (C=O) groups excluding carboxylic acids is 1. The van der Waals surface area contributed by atoms with Crippen molar-refractivity contribution in [3.63, 3.8) is 0 Å². The zero-order valence-electron chi connectivity index (χ0n) is 6.62. The second-order valence-corrected chi connectivity index (χ2v) is 3.56. The van der Waals surface area contributed by atoms with Crippen LogP contribution >= 0.6 is 11.8 Å². The Morgan fingerprint density at radius 2 is 1.69 bits per heavy atom. The monoisotopic (exact) mass is 222 g/mol. The van der Waals surface area contributed by atoms with Crippen molar-refractivity contribution in [2.45, 2.75) is 25.4 Å². The third-order valence-corrected chi connectivity index (χ3v) is 1.95. The average molecular weight is 222 g/mol. The number of hydrogen-bond acceptors (Lipinski definition) is 2. The molecule has 7 heteroatoms. The van der Waals surface area contributed by atoms with Crippen LogP contribution in [-0.2, 0) is 4.79 Å². The zero-order valence-corrected chi connectivity index (χ0v) is 7.44. The van der Waals surface area contributed by atoms with Crippen molar-refractivity contribution in [3.8, 4) is 0 Å². The summed E-state index contributed by atoms with van der Waals surface area (Å²) in [4.78, 5) is 10.2. The van der Waals surface area contributed by atoms with Crippen LogP contribution in [0.15, 0.2) is 0 Å². The van der Waals surface area contributed by atoms with E-state index >= 15 is 0 Å². The molecule has 0 aliphatic carbocycles. The second kappa shape index (κ2) is 4.26. The molecule has 0 atom stereocenters. The first-order valence-electron chi connectivity index (χ1n) is 3.25. The van der Waals surface area contributed by atoms with Gasteiger partial charge >= 0.3 is 12.1 Å². The van der Waals surface area contributed by atoms with Crippen molar-refractivity contribution < 1.29 is 26.7 Å². The Bertz CT molecular complexity index is 188. The summed E-state index contributed by atoms with van der Waals surface area (Å²) in [5.74, 6) is -5.22. The van der Waals surface area contributed by atoms with Gasteiger partial charge in [-0.05, 0) is 0 Å². The normalized spacial score (nSPS) is 13.1. The average Bonchev–Trinajstić information content (AvgIpc) is 1.82. The molecule has 0 saturated heterocycles. The Morgan fingerprint density at radius 1 is 1.23 bits per heavy atom. The lowest BCUT2D eigenvalue weighted by Gasteiger charge is -2.18. The molecule has 78 valence electrons. The molecule has 0 rings (SSSR count). The molecule has 0 aliphatic rings. The number of alkyl halides is 5. The van der Waals surface area contributed by atoms with Gasteiger partial charge in [-0.15, -0.1) is 0 Å². The number of hydrogen-bond donors (Lipinski definition) is 0. The van der Waals surface area contributed by atoms with Gasteiger partial charge in [0, 0.05) is 19.1 Å². The molecule has 0 saturated carbocycles. The van der Waals surface area contributed by atoms with Gasteiger partial charge in [-0.2, -0.15) is 22.0 Å². The van der Waals surface area contributed by atoms with Crippen molar-refractivity contribution in [1.29, 1.82) is 0 Å². The Kier molecular flexibility index (Phi) is 4.15. The first-order valence-corrected chi connectivity index (χ1v) is 4.23. The SMILES string of the molecule is CC(=O)SCCC(F)(F)C(F)(F)F. The fraction of sp³-hybridized carbons (Fsp3) is 0.833. The van der Waals surface area contributed by atoms with Crippen molar-refractivity contribution in [3.05, 3.63) is 0 Å². The Labute approximate surface area is 75.7 Å². The molecule has 0 aromatic heterocycles. The van der Waals surface area contributed by atoms with Gasteiger partial charge in [-0.3, -0.25) is 4.79 Å². The van der Waals surface area contributed by atoms with Crippen LogP contribution in [-0.4, -0.2) is 23.0 Å². The third kappa shape index (κ3) is 4.44. The first kappa shape index (κ1) is 12.7. The highest BCUT2D eigenvalue weighted by molar-refractivity contribution is 8.13. The fourth-order valence-electron chi connectivity index (χ4n) is 0.465. The highest BCUT2D eigenvalue weighted by Gasteiger charge is 2.56. The summed E-state index contributed by atoms with van der Waals surface area (Å²) in [7, 11) is 0. The lowest BCUT2D eigenvalue weighted by molar-refractivity contribution is -0.282. The van der Waals surface area contributed by atoms with Gasteiger partial charge in [0.1, 0.15) is 0 Å². The van der Waals surface area contributed by atoms with Gasteiger partial charge in [-0.25, -0.2) is 0 Å². The van der Waals surface area contributed by atoms with E-state index in [1.165, 1.54) is 0 Å². The molecule has 0 amide bonds. The standard InChI is InChI=1S/C6H7F5OS/c1-4(12)13-3-2-5(7,8)6(9,10)11/h2-3H2,1H3. The molecule has 0 spiro atoms. The van der Waals surface area contributed by atoms with Crippen LogP contribution in [0.3, 0.4) is 0 Å². The molecule has 0 N–H and O–H groups in total. The Hall–Kier alpha value is -0.330. The van der Waals surface area contributed by atoms with Gasteiger partial charge in [0.15, 0.2) is 5.12 Å². The molecule has 0 aromatic carbocycles. The minimum Gasteiger partial charge on any atom is -0.288 e. The number of thioether (sulfide) groups is 1. The topological polar surface area (TPSA) is 17.1 Å². The predicted molar refractivity (Wildman–Crippen MR) is 38.8 cm³/mol. The molecule has 0 fully saturated rings. The summed E-state index contributed by atoms with van der Waals surface area (Å²) >= 11 is 0.455. The molecule has 0 unspecified atom stereocenters. The highest BCUT2D eigenvalue weighted by atomic mass is 32.2. The van der Waals surface area contributed by atoms with Gasteiger partial charge < -0.3 is 0 Å². The predicted octanol–water partition coefficient (Wildman–Crippen LogP) is 2.85. The second-order valence-electron chi connectivity index (χ2n) is 2.29. The van der Waals surface area contributed by atoms with E-state index in [1.807, 2.05) is 0 Å². The van der Waals surface area contributed by atoms with Crippen molar-refractivity contribution in [1.82, 2.24) is 0 Å². The number of halogens is 5.